The summed E-state index contributed by atoms with van der Waals surface area (Å²) in [6.45, 7) is 5.72. The number of oxime groups is 1. The molecule has 0 aliphatic heterocycles. The number of amidine groups is 1. The highest BCUT2D eigenvalue weighted by molar-refractivity contribution is 6.33. The van der Waals surface area contributed by atoms with Crippen molar-refractivity contribution in [2.24, 2.45) is 10.9 Å². The number of hydrogen-bond donors (Lipinski definition) is 2. The van der Waals surface area contributed by atoms with Crippen LogP contribution in [0.4, 0.5) is 5.69 Å². The smallest absolute Gasteiger partial charge is 0.170 e. The molecule has 5 nitrogen and oxygen atoms in total. The largest absolute Gasteiger partial charge is 0.409 e. The Bertz CT molecular complexity index is 476. The lowest BCUT2D eigenvalue weighted by molar-refractivity contribution is 0.202. The SMILES string of the molecule is CCC(CC)N(CCOC)c1ccc(C(N)=NO)cc1Cl. The molecule has 1 aromatic rings. The lowest BCUT2D eigenvalue weighted by Crippen LogP contribution is -2.37. The van der Waals surface area contributed by atoms with Crippen LogP contribution in [0.5, 0.6) is 0 Å². The molecule has 0 aliphatic carbocycles. The topological polar surface area (TPSA) is 71.1 Å². The second-order valence-electron chi connectivity index (χ2n) is 4.81. The van der Waals surface area contributed by atoms with Gasteiger partial charge in [0.2, 0.25) is 0 Å². The van der Waals surface area contributed by atoms with Gasteiger partial charge in [-0.25, -0.2) is 0 Å². The van der Waals surface area contributed by atoms with Gasteiger partial charge in [0.15, 0.2) is 5.84 Å². The van der Waals surface area contributed by atoms with Gasteiger partial charge in [0.1, 0.15) is 0 Å². The Balaban J connectivity index is 3.12. The highest BCUT2D eigenvalue weighted by Gasteiger charge is 2.18. The first kappa shape index (κ1) is 17.6. The molecule has 0 spiro atoms. The zero-order chi connectivity index (χ0) is 15.8. The number of benzene rings is 1. The van der Waals surface area contributed by atoms with Gasteiger partial charge in [-0.3, -0.25) is 0 Å². The average Bonchev–Trinajstić information content (AvgIpc) is 2.51. The molecule has 0 radical (unpaired) electrons. The first-order valence-corrected chi connectivity index (χ1v) is 7.49. The van der Waals surface area contributed by atoms with Crippen LogP contribution < -0.4 is 10.6 Å². The minimum Gasteiger partial charge on any atom is -0.409 e. The minimum atomic E-state index is 0.0504. The molecule has 3 N–H and O–H groups in total. The van der Waals surface area contributed by atoms with Gasteiger partial charge in [-0.2, -0.15) is 0 Å². The molecule has 0 saturated heterocycles. The number of anilines is 1. The summed E-state index contributed by atoms with van der Waals surface area (Å²) in [6, 6.07) is 5.82. The number of rotatable bonds is 8. The van der Waals surface area contributed by atoms with E-state index >= 15 is 0 Å². The second kappa shape index (κ2) is 8.74. The van der Waals surface area contributed by atoms with E-state index in [2.05, 4.69) is 23.9 Å². The van der Waals surface area contributed by atoms with E-state index in [4.69, 9.17) is 27.3 Å². The van der Waals surface area contributed by atoms with Crippen molar-refractivity contribution in [1.29, 1.82) is 0 Å². The third-order valence-electron chi connectivity index (χ3n) is 3.58. The zero-order valence-corrected chi connectivity index (χ0v) is 13.6. The lowest BCUT2D eigenvalue weighted by Gasteiger charge is -2.33. The van der Waals surface area contributed by atoms with Crippen LogP contribution in [0, 0.1) is 0 Å². The Morgan fingerprint density at radius 1 is 1.43 bits per heavy atom. The molecule has 21 heavy (non-hydrogen) atoms. The molecule has 0 fully saturated rings. The van der Waals surface area contributed by atoms with Crippen LogP contribution in [-0.4, -0.2) is 37.3 Å². The molecular formula is C15H24ClN3O2. The summed E-state index contributed by atoms with van der Waals surface area (Å²) in [5.41, 5.74) is 7.13. The molecule has 6 heteroatoms. The van der Waals surface area contributed by atoms with Crippen molar-refractivity contribution in [1.82, 2.24) is 0 Å². The Morgan fingerprint density at radius 3 is 2.57 bits per heavy atom. The van der Waals surface area contributed by atoms with Crippen molar-refractivity contribution in [2.75, 3.05) is 25.2 Å². The monoisotopic (exact) mass is 313 g/mol. The fraction of sp³-hybridized carbons (Fsp3) is 0.533. The predicted molar refractivity (Wildman–Crippen MR) is 87.6 cm³/mol. The fourth-order valence-electron chi connectivity index (χ4n) is 2.38. The summed E-state index contributed by atoms with van der Waals surface area (Å²) in [5.74, 6) is 0.0504. The number of ether oxygens (including phenoxy) is 1. The molecule has 1 rings (SSSR count). The van der Waals surface area contributed by atoms with Crippen molar-refractivity contribution < 1.29 is 9.94 Å². The molecule has 0 aromatic heterocycles. The Labute approximate surface area is 131 Å². The van der Waals surface area contributed by atoms with E-state index in [1.54, 1.807) is 19.2 Å². The van der Waals surface area contributed by atoms with Gasteiger partial charge in [-0.15, -0.1) is 0 Å². The minimum absolute atomic E-state index is 0.0504. The van der Waals surface area contributed by atoms with Gasteiger partial charge in [0.05, 0.1) is 17.3 Å². The number of methoxy groups -OCH3 is 1. The zero-order valence-electron chi connectivity index (χ0n) is 12.8. The highest BCUT2D eigenvalue weighted by atomic mass is 35.5. The van der Waals surface area contributed by atoms with E-state index in [0.717, 1.165) is 25.1 Å². The molecule has 1 aromatic carbocycles. The Morgan fingerprint density at radius 2 is 2.10 bits per heavy atom. The molecule has 0 heterocycles. The standard InChI is InChI=1S/C15H24ClN3O2/c1-4-12(5-2)19(8-9-21-3)14-7-6-11(10-13(14)16)15(17)18-20/h6-7,10,12,20H,4-5,8-9H2,1-3H3,(H2,17,18). The quantitative estimate of drug-likeness (QED) is 0.335. The van der Waals surface area contributed by atoms with Crippen LogP contribution in [0.15, 0.2) is 23.4 Å². The average molecular weight is 314 g/mol. The normalized spacial score (nSPS) is 12.0. The van der Waals surface area contributed by atoms with Crippen molar-refractivity contribution in [3.8, 4) is 0 Å². The van der Waals surface area contributed by atoms with Gasteiger partial charge < -0.3 is 20.6 Å². The molecule has 0 atom stereocenters. The van der Waals surface area contributed by atoms with Gasteiger partial charge in [0, 0.05) is 25.3 Å². The number of halogens is 1. The fourth-order valence-corrected chi connectivity index (χ4v) is 2.66. The first-order valence-electron chi connectivity index (χ1n) is 7.11. The molecule has 0 saturated carbocycles. The van der Waals surface area contributed by atoms with E-state index in [-0.39, 0.29) is 5.84 Å². The number of nitrogens with two attached hydrogens (primary N) is 1. The third-order valence-corrected chi connectivity index (χ3v) is 3.88. The molecule has 0 bridgehead atoms. The maximum Gasteiger partial charge on any atom is 0.170 e. The van der Waals surface area contributed by atoms with Crippen LogP contribution >= 0.6 is 11.6 Å². The predicted octanol–water partition coefficient (Wildman–Crippen LogP) is 3.08. The molecule has 118 valence electrons. The molecular weight excluding hydrogens is 290 g/mol. The van der Waals surface area contributed by atoms with Gasteiger partial charge in [0.25, 0.3) is 0 Å². The molecule has 0 amide bonds. The molecule has 0 aliphatic rings. The van der Waals surface area contributed by atoms with Crippen LogP contribution in [0.25, 0.3) is 0 Å². The summed E-state index contributed by atoms with van der Waals surface area (Å²) >= 11 is 6.39. The number of nitrogens with zero attached hydrogens (tertiary/aromatic N) is 2. The Kier molecular flexibility index (Phi) is 7.32. The van der Waals surface area contributed by atoms with Crippen molar-refractivity contribution in [2.45, 2.75) is 32.7 Å². The van der Waals surface area contributed by atoms with Crippen molar-refractivity contribution in [3.05, 3.63) is 28.8 Å². The van der Waals surface area contributed by atoms with E-state index in [1.165, 1.54) is 0 Å². The summed E-state index contributed by atoms with van der Waals surface area (Å²) in [7, 11) is 1.69. The van der Waals surface area contributed by atoms with Gasteiger partial charge in [-0.05, 0) is 31.0 Å². The van der Waals surface area contributed by atoms with E-state index < -0.39 is 0 Å². The third kappa shape index (κ3) is 4.51. The Hall–Kier alpha value is -1.46. The second-order valence-corrected chi connectivity index (χ2v) is 5.22. The highest BCUT2D eigenvalue weighted by Crippen LogP contribution is 2.29. The van der Waals surface area contributed by atoms with E-state index in [1.807, 2.05) is 6.07 Å². The summed E-state index contributed by atoms with van der Waals surface area (Å²) in [6.07, 6.45) is 2.05. The summed E-state index contributed by atoms with van der Waals surface area (Å²) in [5, 5.41) is 12.3. The van der Waals surface area contributed by atoms with Crippen LogP contribution in [-0.2, 0) is 4.74 Å². The summed E-state index contributed by atoms with van der Waals surface area (Å²) in [4.78, 5) is 2.25. The lowest BCUT2D eigenvalue weighted by atomic mass is 10.1. The van der Waals surface area contributed by atoms with E-state index in [9.17, 15) is 0 Å². The van der Waals surface area contributed by atoms with E-state index in [0.29, 0.717) is 23.2 Å². The first-order chi connectivity index (χ1) is 10.1. The van der Waals surface area contributed by atoms with Crippen LogP contribution in [0.1, 0.15) is 32.3 Å². The molecule has 0 unspecified atom stereocenters. The van der Waals surface area contributed by atoms with Crippen molar-refractivity contribution in [3.63, 3.8) is 0 Å². The number of hydrogen-bond acceptors (Lipinski definition) is 4. The summed E-state index contributed by atoms with van der Waals surface area (Å²) < 4.78 is 5.20. The maximum absolute atomic E-state index is 8.73. The van der Waals surface area contributed by atoms with Gasteiger partial charge in [-0.1, -0.05) is 30.6 Å². The maximum atomic E-state index is 8.73. The van der Waals surface area contributed by atoms with Crippen LogP contribution in [0.2, 0.25) is 5.02 Å². The van der Waals surface area contributed by atoms with Gasteiger partial charge >= 0.3 is 0 Å². The van der Waals surface area contributed by atoms with Crippen LogP contribution in [0.3, 0.4) is 0 Å². The van der Waals surface area contributed by atoms with Crippen molar-refractivity contribution >= 4 is 23.1 Å².